The van der Waals surface area contributed by atoms with Crippen molar-refractivity contribution in [2.24, 2.45) is 0 Å². The van der Waals surface area contributed by atoms with Crippen LogP contribution in [0, 0.1) is 6.92 Å². The summed E-state index contributed by atoms with van der Waals surface area (Å²) in [5, 5.41) is 2.81. The van der Waals surface area contributed by atoms with Crippen molar-refractivity contribution in [1.29, 1.82) is 0 Å². The van der Waals surface area contributed by atoms with Crippen molar-refractivity contribution in [2.75, 3.05) is 35.7 Å². The number of carbonyl (C=O) groups excluding carboxylic acids is 2. The van der Waals surface area contributed by atoms with Crippen LogP contribution in [0.1, 0.15) is 15.9 Å². The van der Waals surface area contributed by atoms with E-state index in [9.17, 15) is 9.59 Å². The van der Waals surface area contributed by atoms with E-state index in [0.29, 0.717) is 54.1 Å². The van der Waals surface area contributed by atoms with Gasteiger partial charge in [0.05, 0.1) is 6.67 Å². The summed E-state index contributed by atoms with van der Waals surface area (Å²) >= 11 is 0. The summed E-state index contributed by atoms with van der Waals surface area (Å²) in [5.74, 6) is 1.13. The van der Waals surface area contributed by atoms with Crippen molar-refractivity contribution in [3.63, 3.8) is 0 Å². The number of hydrogen-bond donors (Lipinski definition) is 2. The van der Waals surface area contributed by atoms with E-state index in [-0.39, 0.29) is 11.8 Å². The second-order valence-corrected chi connectivity index (χ2v) is 8.20. The highest BCUT2D eigenvalue weighted by Crippen LogP contribution is 2.33. The van der Waals surface area contributed by atoms with Gasteiger partial charge in [0.2, 0.25) is 11.9 Å². The first-order valence-corrected chi connectivity index (χ1v) is 11.1. The average Bonchev–Trinajstić information content (AvgIpc) is 3.50. The Kier molecular flexibility index (Phi) is 5.61. The SMILES string of the molecule is C=CC(=O)N1CCN(c2nc(-c3ccc(C(=O)Nc4ccccn4)c(C)c3)c3c(N)nccn23)C1. The highest BCUT2D eigenvalue weighted by molar-refractivity contribution is 6.05. The van der Waals surface area contributed by atoms with Gasteiger partial charge in [-0.2, -0.15) is 0 Å². The minimum Gasteiger partial charge on any atom is -0.382 e. The summed E-state index contributed by atoms with van der Waals surface area (Å²) in [6, 6.07) is 10.8. The van der Waals surface area contributed by atoms with Gasteiger partial charge in [-0.15, -0.1) is 0 Å². The molecule has 0 unspecified atom stereocenters. The van der Waals surface area contributed by atoms with E-state index in [1.54, 1.807) is 41.7 Å². The Labute approximate surface area is 201 Å². The largest absolute Gasteiger partial charge is 0.382 e. The van der Waals surface area contributed by atoms with Crippen molar-refractivity contribution in [1.82, 2.24) is 24.3 Å². The van der Waals surface area contributed by atoms with Crippen LogP contribution in [0.25, 0.3) is 16.8 Å². The standard InChI is InChI=1S/C25H24N8O2/c1-3-20(34)31-12-13-32(15-31)25-30-21(22-23(26)28-10-11-33(22)25)17-7-8-18(16(2)14-17)24(35)29-19-6-4-5-9-27-19/h3-11,14H,1,12-13,15H2,2H3,(H2,26,28)(H,27,29,35). The lowest BCUT2D eigenvalue weighted by Crippen LogP contribution is -2.30. The number of rotatable bonds is 5. The number of fused-ring (bicyclic) bond motifs is 1. The Hall–Kier alpha value is -4.73. The van der Waals surface area contributed by atoms with Crippen molar-refractivity contribution < 1.29 is 9.59 Å². The molecule has 1 fully saturated rings. The Morgan fingerprint density at radius 1 is 1.14 bits per heavy atom. The molecule has 3 N–H and O–H groups in total. The van der Waals surface area contributed by atoms with Crippen molar-refractivity contribution in [2.45, 2.75) is 6.92 Å². The van der Waals surface area contributed by atoms with Crippen molar-refractivity contribution in [3.05, 3.63) is 78.8 Å². The lowest BCUT2D eigenvalue weighted by atomic mass is 10.0. The minimum atomic E-state index is -0.242. The molecule has 4 aromatic rings. The molecule has 0 bridgehead atoms. The van der Waals surface area contributed by atoms with Gasteiger partial charge in [0.1, 0.15) is 22.8 Å². The van der Waals surface area contributed by atoms with Gasteiger partial charge in [-0.3, -0.25) is 14.0 Å². The normalized spacial score (nSPS) is 13.3. The Bertz CT molecular complexity index is 1450. The molecular formula is C25H24N8O2. The average molecular weight is 469 g/mol. The van der Waals surface area contributed by atoms with Crippen LogP contribution < -0.4 is 16.0 Å². The van der Waals surface area contributed by atoms with Crippen LogP contribution in [0.2, 0.25) is 0 Å². The topological polar surface area (TPSA) is 122 Å². The zero-order valence-corrected chi connectivity index (χ0v) is 19.2. The zero-order chi connectivity index (χ0) is 24.5. The van der Waals surface area contributed by atoms with Gasteiger partial charge in [0.25, 0.3) is 5.91 Å². The minimum absolute atomic E-state index is 0.120. The van der Waals surface area contributed by atoms with Gasteiger partial charge in [0.15, 0.2) is 0 Å². The number of imidazole rings is 1. The van der Waals surface area contributed by atoms with Gasteiger partial charge in [-0.25, -0.2) is 15.0 Å². The van der Waals surface area contributed by atoms with Crippen LogP contribution in [-0.4, -0.2) is 55.8 Å². The lowest BCUT2D eigenvalue weighted by molar-refractivity contribution is -0.124. The first kappa shape index (κ1) is 22.1. The molecule has 0 saturated carbocycles. The smallest absolute Gasteiger partial charge is 0.257 e. The van der Waals surface area contributed by atoms with Gasteiger partial charge in [0, 0.05) is 42.8 Å². The fraction of sp³-hybridized carbons (Fsp3) is 0.160. The second kappa shape index (κ2) is 8.90. The van der Waals surface area contributed by atoms with Gasteiger partial charge < -0.3 is 20.9 Å². The first-order chi connectivity index (χ1) is 17.0. The van der Waals surface area contributed by atoms with Crippen LogP contribution in [-0.2, 0) is 4.79 Å². The number of aryl methyl sites for hydroxylation is 1. The number of nitrogens with one attached hydrogen (secondary N) is 1. The summed E-state index contributed by atoms with van der Waals surface area (Å²) in [6.45, 7) is 7.05. The zero-order valence-electron chi connectivity index (χ0n) is 19.2. The van der Waals surface area contributed by atoms with E-state index in [4.69, 9.17) is 10.7 Å². The second-order valence-electron chi connectivity index (χ2n) is 8.20. The molecule has 0 aliphatic carbocycles. The summed E-state index contributed by atoms with van der Waals surface area (Å²) in [6.07, 6.45) is 6.36. The summed E-state index contributed by atoms with van der Waals surface area (Å²) in [7, 11) is 0. The predicted molar refractivity (Wildman–Crippen MR) is 134 cm³/mol. The number of benzene rings is 1. The number of aromatic nitrogens is 4. The monoisotopic (exact) mass is 468 g/mol. The molecule has 3 aromatic heterocycles. The van der Waals surface area contributed by atoms with Crippen LogP contribution in [0.15, 0.2) is 67.6 Å². The predicted octanol–water partition coefficient (Wildman–Crippen LogP) is 2.73. The van der Waals surface area contributed by atoms with Crippen LogP contribution >= 0.6 is 0 Å². The molecule has 1 aliphatic heterocycles. The van der Waals surface area contributed by atoms with Crippen LogP contribution in [0.3, 0.4) is 0 Å². The molecule has 5 rings (SSSR count). The number of nitrogens with two attached hydrogens (primary N) is 1. The van der Waals surface area contributed by atoms with E-state index >= 15 is 0 Å². The molecule has 0 atom stereocenters. The molecule has 4 heterocycles. The third-order valence-electron chi connectivity index (χ3n) is 5.97. The van der Waals surface area contributed by atoms with Gasteiger partial charge >= 0.3 is 0 Å². The number of nitrogen functional groups attached to an aromatic ring is 1. The van der Waals surface area contributed by atoms with E-state index in [1.165, 1.54) is 6.08 Å². The van der Waals surface area contributed by atoms with E-state index in [1.807, 2.05) is 34.4 Å². The third-order valence-corrected chi connectivity index (χ3v) is 5.97. The van der Waals surface area contributed by atoms with E-state index in [0.717, 1.165) is 11.1 Å². The van der Waals surface area contributed by atoms with Crippen molar-refractivity contribution >= 4 is 34.9 Å². The fourth-order valence-corrected chi connectivity index (χ4v) is 4.22. The van der Waals surface area contributed by atoms with E-state index < -0.39 is 0 Å². The Morgan fingerprint density at radius 3 is 2.74 bits per heavy atom. The molecular weight excluding hydrogens is 444 g/mol. The maximum Gasteiger partial charge on any atom is 0.257 e. The summed E-state index contributed by atoms with van der Waals surface area (Å²) < 4.78 is 1.89. The highest BCUT2D eigenvalue weighted by atomic mass is 16.2. The molecule has 2 amide bonds. The first-order valence-electron chi connectivity index (χ1n) is 11.1. The lowest BCUT2D eigenvalue weighted by Gasteiger charge is -2.17. The third kappa shape index (κ3) is 4.05. The molecule has 1 aliphatic rings. The molecule has 0 radical (unpaired) electrons. The number of anilines is 3. The summed E-state index contributed by atoms with van der Waals surface area (Å²) in [5.41, 5.74) is 9.71. The molecule has 1 aromatic carbocycles. The molecule has 35 heavy (non-hydrogen) atoms. The van der Waals surface area contributed by atoms with Gasteiger partial charge in [-0.1, -0.05) is 18.7 Å². The maximum atomic E-state index is 12.8. The van der Waals surface area contributed by atoms with Crippen LogP contribution in [0.5, 0.6) is 0 Å². The highest BCUT2D eigenvalue weighted by Gasteiger charge is 2.28. The van der Waals surface area contributed by atoms with Gasteiger partial charge in [-0.05, 0) is 42.8 Å². The molecule has 10 nitrogen and oxygen atoms in total. The number of hydrogen-bond acceptors (Lipinski definition) is 7. The molecule has 176 valence electrons. The van der Waals surface area contributed by atoms with Crippen LogP contribution in [0.4, 0.5) is 17.6 Å². The number of nitrogens with zero attached hydrogens (tertiary/aromatic N) is 6. The number of carbonyl (C=O) groups is 2. The number of pyridine rings is 1. The van der Waals surface area contributed by atoms with Crippen molar-refractivity contribution in [3.8, 4) is 11.3 Å². The molecule has 1 saturated heterocycles. The fourth-order valence-electron chi connectivity index (χ4n) is 4.22. The molecule has 0 spiro atoms. The quantitative estimate of drug-likeness (QED) is 0.432. The molecule has 10 heteroatoms. The Balaban J connectivity index is 1.50. The summed E-state index contributed by atoms with van der Waals surface area (Å²) in [4.78, 5) is 41.9. The number of amides is 2. The maximum absolute atomic E-state index is 12.8. The Morgan fingerprint density at radius 2 is 2.00 bits per heavy atom. The van der Waals surface area contributed by atoms with E-state index in [2.05, 4.69) is 21.9 Å².